The summed E-state index contributed by atoms with van der Waals surface area (Å²) < 4.78 is 0. The van der Waals surface area contributed by atoms with E-state index in [4.69, 9.17) is 0 Å². The van der Waals surface area contributed by atoms with Crippen molar-refractivity contribution in [3.8, 4) is 0 Å². The Bertz CT molecular complexity index is 602. The van der Waals surface area contributed by atoms with Crippen LogP contribution in [0, 0.1) is 12.8 Å². The minimum Gasteiger partial charge on any atom is -0.323 e. The Kier molecular flexibility index (Phi) is 3.94. The number of hydrogen-bond donors (Lipinski definition) is 1. The third-order valence-electron chi connectivity index (χ3n) is 4.79. The van der Waals surface area contributed by atoms with E-state index in [-0.39, 0.29) is 17.9 Å². The molecule has 0 aromatic carbocycles. The number of carbonyl (C=O) groups excluding carboxylic acids is 2. The summed E-state index contributed by atoms with van der Waals surface area (Å²) >= 11 is 1.66. The summed E-state index contributed by atoms with van der Waals surface area (Å²) in [6.07, 6.45) is 2.00. The molecule has 0 radical (unpaired) electrons. The van der Waals surface area contributed by atoms with Gasteiger partial charge in [0.15, 0.2) is 0 Å². The van der Waals surface area contributed by atoms with E-state index in [9.17, 15) is 9.59 Å². The Labute approximate surface area is 134 Å². The van der Waals surface area contributed by atoms with Crippen molar-refractivity contribution in [2.45, 2.75) is 38.8 Å². The molecule has 7 heteroatoms. The maximum atomic E-state index is 12.4. The van der Waals surface area contributed by atoms with Crippen LogP contribution in [0.15, 0.2) is 5.38 Å². The van der Waals surface area contributed by atoms with Crippen molar-refractivity contribution in [1.29, 1.82) is 0 Å². The van der Waals surface area contributed by atoms with E-state index in [1.807, 2.05) is 13.8 Å². The number of piperidine rings is 1. The fourth-order valence-corrected chi connectivity index (χ4v) is 4.06. The molecular formula is C15H22N4O2S. The molecule has 120 valence electrons. The smallest absolute Gasteiger partial charge is 0.323 e. The SMILES string of the molecule is Cc1nc(CN2CCC[C@H]([C@@]3(C)NC(=O)N(C)C3=O)C2)cs1. The van der Waals surface area contributed by atoms with Crippen molar-refractivity contribution in [2.24, 2.45) is 5.92 Å². The van der Waals surface area contributed by atoms with E-state index in [2.05, 4.69) is 20.6 Å². The number of nitrogens with one attached hydrogen (secondary N) is 1. The van der Waals surface area contributed by atoms with Crippen molar-refractivity contribution >= 4 is 23.3 Å². The van der Waals surface area contributed by atoms with Gasteiger partial charge >= 0.3 is 6.03 Å². The zero-order valence-corrected chi connectivity index (χ0v) is 14.1. The molecule has 0 spiro atoms. The lowest BCUT2D eigenvalue weighted by atomic mass is 9.80. The van der Waals surface area contributed by atoms with Gasteiger partial charge in [0.2, 0.25) is 0 Å². The van der Waals surface area contributed by atoms with Crippen molar-refractivity contribution in [2.75, 3.05) is 20.1 Å². The number of hydrogen-bond acceptors (Lipinski definition) is 5. The predicted molar refractivity (Wildman–Crippen MR) is 84.6 cm³/mol. The van der Waals surface area contributed by atoms with Gasteiger partial charge in [-0.15, -0.1) is 11.3 Å². The van der Waals surface area contributed by atoms with Crippen LogP contribution in [0.1, 0.15) is 30.5 Å². The molecule has 2 saturated heterocycles. The van der Waals surface area contributed by atoms with E-state index < -0.39 is 5.54 Å². The number of urea groups is 1. The maximum Gasteiger partial charge on any atom is 0.324 e. The standard InChI is InChI=1S/C15H22N4O2S/c1-10-16-12(9-22-10)8-19-6-4-5-11(7-19)15(2)13(20)18(3)14(21)17-15/h9,11H,4-8H2,1-3H3,(H,17,21)/t11-,15+/m0/s1. The van der Waals surface area contributed by atoms with Crippen molar-refractivity contribution in [3.05, 3.63) is 16.1 Å². The highest BCUT2D eigenvalue weighted by atomic mass is 32.1. The molecule has 2 aliphatic heterocycles. The first kappa shape index (κ1) is 15.4. The first-order valence-corrected chi connectivity index (χ1v) is 8.52. The quantitative estimate of drug-likeness (QED) is 0.859. The molecule has 6 nitrogen and oxygen atoms in total. The Morgan fingerprint density at radius 3 is 2.86 bits per heavy atom. The molecule has 1 aromatic heterocycles. The van der Waals surface area contributed by atoms with Crippen molar-refractivity contribution in [3.63, 3.8) is 0 Å². The van der Waals surface area contributed by atoms with Gasteiger partial charge < -0.3 is 5.32 Å². The Balaban J connectivity index is 1.70. The average molecular weight is 322 g/mol. The van der Waals surface area contributed by atoms with Gasteiger partial charge in [-0.2, -0.15) is 0 Å². The summed E-state index contributed by atoms with van der Waals surface area (Å²) in [6.45, 7) is 6.51. The van der Waals surface area contributed by atoms with E-state index in [0.717, 1.165) is 43.2 Å². The molecule has 0 saturated carbocycles. The van der Waals surface area contributed by atoms with Gasteiger partial charge in [0, 0.05) is 31.4 Å². The number of rotatable bonds is 3. The van der Waals surface area contributed by atoms with Crippen LogP contribution in [0.5, 0.6) is 0 Å². The third kappa shape index (κ3) is 2.63. The second kappa shape index (κ2) is 5.62. The number of amides is 3. The largest absolute Gasteiger partial charge is 0.324 e. The predicted octanol–water partition coefficient (Wildman–Crippen LogP) is 1.60. The van der Waals surface area contributed by atoms with E-state index in [1.54, 1.807) is 18.4 Å². The highest BCUT2D eigenvalue weighted by molar-refractivity contribution is 7.09. The first-order chi connectivity index (χ1) is 10.4. The maximum absolute atomic E-state index is 12.4. The number of aromatic nitrogens is 1. The lowest BCUT2D eigenvalue weighted by Gasteiger charge is -2.39. The molecule has 0 aliphatic carbocycles. The number of likely N-dealkylation sites (tertiary alicyclic amines) is 1. The van der Waals surface area contributed by atoms with Crippen LogP contribution in [0.25, 0.3) is 0 Å². The van der Waals surface area contributed by atoms with Gasteiger partial charge in [-0.05, 0) is 33.2 Å². The number of aryl methyl sites for hydroxylation is 1. The first-order valence-electron chi connectivity index (χ1n) is 7.64. The van der Waals surface area contributed by atoms with Crippen LogP contribution < -0.4 is 5.32 Å². The van der Waals surface area contributed by atoms with Crippen molar-refractivity contribution in [1.82, 2.24) is 20.1 Å². The van der Waals surface area contributed by atoms with Crippen LogP contribution in [-0.2, 0) is 11.3 Å². The van der Waals surface area contributed by atoms with Gasteiger partial charge in [0.05, 0.1) is 10.7 Å². The monoisotopic (exact) mass is 322 g/mol. The molecule has 22 heavy (non-hydrogen) atoms. The molecule has 3 heterocycles. The summed E-state index contributed by atoms with van der Waals surface area (Å²) in [7, 11) is 1.54. The third-order valence-corrected chi connectivity index (χ3v) is 5.62. The minimum absolute atomic E-state index is 0.117. The van der Waals surface area contributed by atoms with Crippen LogP contribution in [0.3, 0.4) is 0 Å². The fraction of sp³-hybridized carbons (Fsp3) is 0.667. The summed E-state index contributed by atoms with van der Waals surface area (Å²) in [6, 6.07) is -0.292. The van der Waals surface area contributed by atoms with Crippen LogP contribution in [0.2, 0.25) is 0 Å². The van der Waals surface area contributed by atoms with E-state index >= 15 is 0 Å². The summed E-state index contributed by atoms with van der Waals surface area (Å²) in [5.41, 5.74) is 0.315. The topological polar surface area (TPSA) is 65.5 Å². The van der Waals surface area contributed by atoms with Crippen LogP contribution in [0.4, 0.5) is 4.79 Å². The number of nitrogens with zero attached hydrogens (tertiary/aromatic N) is 3. The average Bonchev–Trinajstić information content (AvgIpc) is 2.98. The lowest BCUT2D eigenvalue weighted by Crippen LogP contribution is -2.55. The molecule has 2 aliphatic rings. The molecule has 2 atom stereocenters. The zero-order valence-electron chi connectivity index (χ0n) is 13.3. The van der Waals surface area contributed by atoms with Crippen molar-refractivity contribution < 1.29 is 9.59 Å². The molecule has 0 unspecified atom stereocenters. The van der Waals surface area contributed by atoms with Gasteiger partial charge in [-0.3, -0.25) is 14.6 Å². The van der Waals surface area contributed by atoms with Crippen LogP contribution in [-0.4, -0.2) is 52.4 Å². The lowest BCUT2D eigenvalue weighted by molar-refractivity contribution is -0.132. The highest BCUT2D eigenvalue weighted by Crippen LogP contribution is 2.32. The Hall–Kier alpha value is -1.47. The van der Waals surface area contributed by atoms with E-state index in [1.165, 1.54) is 4.90 Å². The fourth-order valence-electron chi connectivity index (χ4n) is 3.46. The molecule has 3 rings (SSSR count). The number of likely N-dealkylation sites (N-methyl/N-ethyl adjacent to an activating group) is 1. The van der Waals surface area contributed by atoms with Gasteiger partial charge in [0.25, 0.3) is 5.91 Å². The van der Waals surface area contributed by atoms with Gasteiger partial charge in [-0.1, -0.05) is 0 Å². The number of imide groups is 1. The zero-order chi connectivity index (χ0) is 15.9. The second-order valence-corrected chi connectivity index (χ2v) is 7.49. The highest BCUT2D eigenvalue weighted by Gasteiger charge is 2.51. The molecule has 1 aromatic rings. The molecular weight excluding hydrogens is 300 g/mol. The Morgan fingerprint density at radius 1 is 1.50 bits per heavy atom. The molecule has 0 bridgehead atoms. The van der Waals surface area contributed by atoms with E-state index in [0.29, 0.717) is 0 Å². The summed E-state index contributed by atoms with van der Waals surface area (Å²) in [5.74, 6) is 0.0243. The second-order valence-electron chi connectivity index (χ2n) is 6.43. The minimum atomic E-state index is -0.775. The van der Waals surface area contributed by atoms with Crippen LogP contribution >= 0.6 is 11.3 Å². The number of thiazole rings is 1. The van der Waals surface area contributed by atoms with Gasteiger partial charge in [0.1, 0.15) is 5.54 Å². The molecule has 1 N–H and O–H groups in total. The molecule has 2 fully saturated rings. The normalized spacial score (nSPS) is 30.0. The molecule has 3 amide bonds. The number of carbonyl (C=O) groups is 2. The summed E-state index contributed by atoms with van der Waals surface area (Å²) in [4.78, 5) is 32.3. The Morgan fingerprint density at radius 2 is 2.27 bits per heavy atom. The van der Waals surface area contributed by atoms with Gasteiger partial charge in [-0.25, -0.2) is 9.78 Å². The summed E-state index contributed by atoms with van der Waals surface area (Å²) in [5, 5.41) is 6.06.